The van der Waals surface area contributed by atoms with Gasteiger partial charge in [-0.1, -0.05) is 97.8 Å². The predicted molar refractivity (Wildman–Crippen MR) is 205 cm³/mol. The van der Waals surface area contributed by atoms with E-state index in [1.54, 1.807) is 6.92 Å². The van der Waals surface area contributed by atoms with Gasteiger partial charge in [0.05, 0.1) is 24.7 Å². The van der Waals surface area contributed by atoms with Crippen molar-refractivity contribution >= 4 is 43.3 Å². The van der Waals surface area contributed by atoms with E-state index in [2.05, 4.69) is 37.5 Å². The Morgan fingerprint density at radius 3 is 1.53 bits per heavy atom. The van der Waals surface area contributed by atoms with Gasteiger partial charge in [0.15, 0.2) is 6.10 Å². The summed E-state index contributed by atoms with van der Waals surface area (Å²) in [4.78, 5) is 36.8. The molecule has 0 aromatic carbocycles. The van der Waals surface area contributed by atoms with E-state index in [-0.39, 0.29) is 24.7 Å². The van der Waals surface area contributed by atoms with Gasteiger partial charge >= 0.3 is 11.9 Å². The molecule has 0 amide bonds. The molecule has 0 saturated heterocycles. The zero-order valence-electron chi connectivity index (χ0n) is 30.9. The largest absolute Gasteiger partial charge is 0.756 e. The van der Waals surface area contributed by atoms with Crippen molar-refractivity contribution < 1.29 is 37.6 Å². The fourth-order valence-corrected chi connectivity index (χ4v) is 7.09. The molecule has 0 aliphatic carbocycles. The average molecular weight is 746 g/mol. The first kappa shape index (κ1) is 47.9. The van der Waals surface area contributed by atoms with E-state index >= 15 is 0 Å². The monoisotopic (exact) mass is 745 g/mol. The maximum Gasteiger partial charge on any atom is 0.316 e. The molecule has 11 heteroatoms. The second-order valence-corrected chi connectivity index (χ2v) is 15.7. The Bertz CT molecular complexity index is 972. The molecule has 0 fully saturated rings. The summed E-state index contributed by atoms with van der Waals surface area (Å²) in [7, 11) is -4.55. The summed E-state index contributed by atoms with van der Waals surface area (Å²) in [5, 5.41) is 0. The lowest BCUT2D eigenvalue weighted by Crippen LogP contribution is -2.31. The molecule has 0 rings (SSSR count). The third-order valence-electron chi connectivity index (χ3n) is 7.32. The fourth-order valence-electron chi connectivity index (χ4n) is 4.67. The number of carbonyl (C=O) groups is 2. The van der Waals surface area contributed by atoms with E-state index < -0.39 is 32.5 Å². The quantitative estimate of drug-likeness (QED) is 0.0279. The Balaban J connectivity index is 4.18. The summed E-state index contributed by atoms with van der Waals surface area (Å²) < 4.78 is 32.5. The Labute approximate surface area is 308 Å². The molecule has 49 heavy (non-hydrogen) atoms. The first-order chi connectivity index (χ1) is 23.8. The van der Waals surface area contributed by atoms with Crippen LogP contribution in [0.15, 0.2) is 0 Å². The molecular formula is C38H66O8PS2-. The van der Waals surface area contributed by atoms with E-state index in [1.165, 1.54) is 101 Å². The number of thioether (sulfide) groups is 2. The van der Waals surface area contributed by atoms with Gasteiger partial charge in [-0.2, -0.15) is 23.5 Å². The second-order valence-electron chi connectivity index (χ2n) is 12.0. The molecule has 0 saturated carbocycles. The van der Waals surface area contributed by atoms with Crippen LogP contribution in [0.4, 0.5) is 0 Å². The topological polar surface area (TPSA) is 111 Å². The highest BCUT2D eigenvalue weighted by molar-refractivity contribution is 8.00. The average Bonchev–Trinajstić information content (AvgIpc) is 3.08. The number of phosphoric acid groups is 1. The maximum atomic E-state index is 12.5. The molecule has 0 aromatic rings. The highest BCUT2D eigenvalue weighted by Crippen LogP contribution is 2.38. The van der Waals surface area contributed by atoms with Crippen molar-refractivity contribution in [2.75, 3.05) is 42.8 Å². The lowest BCUT2D eigenvalue weighted by molar-refractivity contribution is -0.228. The van der Waals surface area contributed by atoms with E-state index in [1.807, 2.05) is 0 Å². The van der Waals surface area contributed by atoms with Gasteiger partial charge in [-0.25, -0.2) is 0 Å². The SMILES string of the molecule is CCC#CCCCCCCCCCCSCC(=O)OC[C@H](COP(=O)([O-])OCCC)OC(=O)CSCCCCCCCCCCC#CCC. The summed E-state index contributed by atoms with van der Waals surface area (Å²) in [5.74, 6) is 13.7. The highest BCUT2D eigenvalue weighted by Gasteiger charge is 2.21. The number of phosphoric ester groups is 1. The van der Waals surface area contributed by atoms with Crippen LogP contribution in [0.3, 0.4) is 0 Å². The van der Waals surface area contributed by atoms with Gasteiger partial charge in [-0.05, 0) is 43.6 Å². The third kappa shape index (κ3) is 36.5. The molecular weight excluding hydrogens is 680 g/mol. The molecule has 0 heterocycles. The molecule has 2 atom stereocenters. The number of esters is 2. The lowest BCUT2D eigenvalue weighted by Gasteiger charge is -2.25. The molecule has 0 aliphatic heterocycles. The number of ether oxygens (including phenoxy) is 2. The maximum absolute atomic E-state index is 12.5. The van der Waals surface area contributed by atoms with Crippen molar-refractivity contribution in [2.24, 2.45) is 0 Å². The minimum Gasteiger partial charge on any atom is -0.756 e. The molecule has 284 valence electrons. The smallest absolute Gasteiger partial charge is 0.316 e. The predicted octanol–water partition coefficient (Wildman–Crippen LogP) is 9.67. The zero-order valence-corrected chi connectivity index (χ0v) is 33.4. The van der Waals surface area contributed by atoms with Gasteiger partial charge in [-0.15, -0.1) is 23.7 Å². The van der Waals surface area contributed by atoms with E-state index in [0.29, 0.717) is 6.42 Å². The van der Waals surface area contributed by atoms with Crippen LogP contribution in [0, 0.1) is 23.7 Å². The van der Waals surface area contributed by atoms with Crippen LogP contribution in [0.25, 0.3) is 0 Å². The van der Waals surface area contributed by atoms with E-state index in [0.717, 1.165) is 62.9 Å². The van der Waals surface area contributed by atoms with Crippen LogP contribution >= 0.6 is 31.3 Å². The molecule has 0 N–H and O–H groups in total. The van der Waals surface area contributed by atoms with Crippen molar-refractivity contribution in [3.05, 3.63) is 0 Å². The first-order valence-corrected chi connectivity index (χ1v) is 22.6. The number of carbonyl (C=O) groups excluding carboxylic acids is 2. The molecule has 0 radical (unpaired) electrons. The summed E-state index contributed by atoms with van der Waals surface area (Å²) in [5.41, 5.74) is 0. The van der Waals surface area contributed by atoms with Crippen LogP contribution < -0.4 is 4.89 Å². The van der Waals surface area contributed by atoms with Gasteiger partial charge in [0.2, 0.25) is 0 Å². The normalized spacial score (nSPS) is 12.7. The zero-order chi connectivity index (χ0) is 36.1. The van der Waals surface area contributed by atoms with Crippen LogP contribution in [0.5, 0.6) is 0 Å². The van der Waals surface area contributed by atoms with E-state index in [4.69, 9.17) is 18.5 Å². The Kier molecular flexibility index (Phi) is 35.8. The van der Waals surface area contributed by atoms with Crippen LogP contribution in [0.1, 0.15) is 156 Å². The Morgan fingerprint density at radius 2 is 1.06 bits per heavy atom. The van der Waals surface area contributed by atoms with Crippen LogP contribution in [-0.2, 0) is 32.7 Å². The van der Waals surface area contributed by atoms with Crippen molar-refractivity contribution in [3.8, 4) is 23.7 Å². The Hall–Kier alpha value is -1.13. The molecule has 0 spiro atoms. The number of rotatable bonds is 33. The van der Waals surface area contributed by atoms with Gasteiger partial charge in [-0.3, -0.25) is 14.2 Å². The fraction of sp³-hybridized carbons (Fsp3) is 0.842. The van der Waals surface area contributed by atoms with Crippen LogP contribution in [0.2, 0.25) is 0 Å². The molecule has 0 bridgehead atoms. The third-order valence-corrected chi connectivity index (χ3v) is 10.3. The van der Waals surface area contributed by atoms with Crippen LogP contribution in [-0.4, -0.2) is 60.9 Å². The van der Waals surface area contributed by atoms with E-state index in [9.17, 15) is 19.0 Å². The van der Waals surface area contributed by atoms with Crippen molar-refractivity contribution in [1.29, 1.82) is 0 Å². The van der Waals surface area contributed by atoms with Gasteiger partial charge < -0.3 is 23.4 Å². The summed E-state index contributed by atoms with van der Waals surface area (Å²) in [6, 6.07) is 0. The summed E-state index contributed by atoms with van der Waals surface area (Å²) in [6.45, 7) is 5.18. The summed E-state index contributed by atoms with van der Waals surface area (Å²) in [6.07, 6.45) is 22.5. The standard InChI is InChI=1S/C38H67O8PS2/c1-4-7-9-11-13-15-17-19-21-23-25-27-30-48-34-37(39)43-32-36(33-45-47(41,42)44-29-6-3)46-38(40)35-49-31-28-26-24-22-20-18-16-14-12-10-8-5-2/h36H,4-6,11-35H2,1-3H3,(H,41,42)/p-1/t36-/m1/s1. The first-order valence-electron chi connectivity index (χ1n) is 18.9. The summed E-state index contributed by atoms with van der Waals surface area (Å²) >= 11 is 3.00. The molecule has 0 aliphatic rings. The lowest BCUT2D eigenvalue weighted by atomic mass is 10.1. The van der Waals surface area contributed by atoms with Crippen molar-refractivity contribution in [2.45, 2.75) is 162 Å². The molecule has 8 nitrogen and oxygen atoms in total. The van der Waals surface area contributed by atoms with Gasteiger partial charge in [0.1, 0.15) is 6.61 Å². The van der Waals surface area contributed by atoms with Gasteiger partial charge in [0.25, 0.3) is 7.82 Å². The van der Waals surface area contributed by atoms with Crippen molar-refractivity contribution in [1.82, 2.24) is 0 Å². The molecule has 0 aromatic heterocycles. The Morgan fingerprint density at radius 1 is 0.612 bits per heavy atom. The minimum atomic E-state index is -4.55. The van der Waals surface area contributed by atoms with Crippen molar-refractivity contribution in [3.63, 3.8) is 0 Å². The number of hydrogen-bond acceptors (Lipinski definition) is 10. The number of hydrogen-bond donors (Lipinski definition) is 0. The minimum absolute atomic E-state index is 0.00194. The van der Waals surface area contributed by atoms with Gasteiger partial charge in [0, 0.05) is 25.7 Å². The number of unbranched alkanes of at least 4 members (excludes halogenated alkanes) is 16. The highest BCUT2D eigenvalue weighted by atomic mass is 32.2. The second kappa shape index (κ2) is 36.7. The molecule has 1 unspecified atom stereocenters.